The molecule has 5 heteroatoms. The highest BCUT2D eigenvalue weighted by atomic mass is 16.1. The number of hydrogen-bond donors (Lipinski definition) is 1. The van der Waals surface area contributed by atoms with Crippen LogP contribution in [0.3, 0.4) is 0 Å². The fraction of sp³-hybridized carbons (Fsp3) is 0.353. The molecule has 0 radical (unpaired) electrons. The minimum atomic E-state index is -0.0885. The molecular weight excluding hydrogens is 276 g/mol. The molecule has 0 saturated carbocycles. The first kappa shape index (κ1) is 15.9. The van der Waals surface area contributed by atoms with Crippen LogP contribution < -0.4 is 10.2 Å². The average molecular weight is 298 g/mol. The zero-order chi connectivity index (χ0) is 16.3. The monoisotopic (exact) mass is 298 g/mol. The van der Waals surface area contributed by atoms with Gasteiger partial charge >= 0.3 is 0 Å². The standard InChI is InChI=1S/C17H22N4O/c1-11-6-12(2)8-14(7-11)16(22)18-10-15-9-13(3)19-17(20-15)21(4)5/h6-9H,10H2,1-5H3,(H,18,22). The molecule has 0 saturated heterocycles. The van der Waals surface area contributed by atoms with Gasteiger partial charge in [-0.1, -0.05) is 17.2 Å². The zero-order valence-corrected chi connectivity index (χ0v) is 13.8. The van der Waals surface area contributed by atoms with Crippen LogP contribution in [0, 0.1) is 20.8 Å². The Morgan fingerprint density at radius 1 is 1.05 bits per heavy atom. The minimum Gasteiger partial charge on any atom is -0.347 e. The Morgan fingerprint density at radius 3 is 2.27 bits per heavy atom. The van der Waals surface area contributed by atoms with Gasteiger partial charge < -0.3 is 10.2 Å². The Hall–Kier alpha value is -2.43. The Balaban J connectivity index is 2.11. The van der Waals surface area contributed by atoms with Crippen molar-refractivity contribution in [1.29, 1.82) is 0 Å². The molecule has 1 N–H and O–H groups in total. The van der Waals surface area contributed by atoms with Gasteiger partial charge in [-0.3, -0.25) is 4.79 Å². The van der Waals surface area contributed by atoms with E-state index in [4.69, 9.17) is 0 Å². The maximum atomic E-state index is 12.3. The lowest BCUT2D eigenvalue weighted by atomic mass is 10.1. The third kappa shape index (κ3) is 4.04. The number of benzene rings is 1. The van der Waals surface area contributed by atoms with Crippen LogP contribution in [0.2, 0.25) is 0 Å². The van der Waals surface area contributed by atoms with Gasteiger partial charge in [0.25, 0.3) is 5.91 Å². The molecule has 0 aliphatic rings. The van der Waals surface area contributed by atoms with Gasteiger partial charge in [0.15, 0.2) is 0 Å². The predicted molar refractivity (Wildman–Crippen MR) is 88.2 cm³/mol. The first-order valence-corrected chi connectivity index (χ1v) is 7.23. The van der Waals surface area contributed by atoms with Crippen LogP contribution in [0.4, 0.5) is 5.95 Å². The third-order valence-electron chi connectivity index (χ3n) is 3.21. The molecule has 116 valence electrons. The van der Waals surface area contributed by atoms with Crippen LogP contribution in [0.5, 0.6) is 0 Å². The Labute approximate surface area is 131 Å². The Morgan fingerprint density at radius 2 is 1.68 bits per heavy atom. The highest BCUT2D eigenvalue weighted by Gasteiger charge is 2.09. The van der Waals surface area contributed by atoms with E-state index in [2.05, 4.69) is 15.3 Å². The molecule has 0 aliphatic heterocycles. The van der Waals surface area contributed by atoms with Crippen molar-refractivity contribution in [3.05, 3.63) is 52.3 Å². The summed E-state index contributed by atoms with van der Waals surface area (Å²) in [6, 6.07) is 7.71. The third-order valence-corrected chi connectivity index (χ3v) is 3.21. The van der Waals surface area contributed by atoms with Gasteiger partial charge in [0.2, 0.25) is 5.95 Å². The summed E-state index contributed by atoms with van der Waals surface area (Å²) < 4.78 is 0. The number of rotatable bonds is 4. The summed E-state index contributed by atoms with van der Waals surface area (Å²) >= 11 is 0. The van der Waals surface area contributed by atoms with Gasteiger partial charge in [-0.15, -0.1) is 0 Å². The summed E-state index contributed by atoms with van der Waals surface area (Å²) in [7, 11) is 3.79. The molecule has 0 aliphatic carbocycles. The molecule has 0 fully saturated rings. The number of amides is 1. The number of carbonyl (C=O) groups is 1. The predicted octanol–water partition coefficient (Wildman–Crippen LogP) is 2.40. The molecule has 2 rings (SSSR count). The van der Waals surface area contributed by atoms with Gasteiger partial charge in [-0.25, -0.2) is 9.97 Å². The van der Waals surface area contributed by atoms with E-state index < -0.39 is 0 Å². The second-order valence-corrected chi connectivity index (χ2v) is 5.75. The van der Waals surface area contributed by atoms with Crippen LogP contribution >= 0.6 is 0 Å². The van der Waals surface area contributed by atoms with Gasteiger partial charge in [-0.05, 0) is 39.0 Å². The molecule has 2 aromatic rings. The van der Waals surface area contributed by atoms with Gasteiger partial charge in [0, 0.05) is 25.4 Å². The molecule has 1 heterocycles. The lowest BCUT2D eigenvalue weighted by Gasteiger charge is -2.13. The fourth-order valence-electron chi connectivity index (χ4n) is 2.29. The number of anilines is 1. The van der Waals surface area contributed by atoms with E-state index in [-0.39, 0.29) is 5.91 Å². The molecular formula is C17H22N4O. The number of aromatic nitrogens is 2. The molecule has 0 atom stereocenters. The summed E-state index contributed by atoms with van der Waals surface area (Å²) in [6.07, 6.45) is 0. The van der Waals surface area contributed by atoms with E-state index >= 15 is 0 Å². The quantitative estimate of drug-likeness (QED) is 0.941. The fourth-order valence-corrected chi connectivity index (χ4v) is 2.29. The van der Waals surface area contributed by atoms with Crippen LogP contribution in [0.1, 0.15) is 32.9 Å². The van der Waals surface area contributed by atoms with Crippen LogP contribution in [-0.2, 0) is 6.54 Å². The molecule has 5 nitrogen and oxygen atoms in total. The summed E-state index contributed by atoms with van der Waals surface area (Å²) in [5, 5.41) is 2.92. The minimum absolute atomic E-state index is 0.0885. The summed E-state index contributed by atoms with van der Waals surface area (Å²) in [5.74, 6) is 0.560. The first-order chi connectivity index (χ1) is 10.3. The number of nitrogens with zero attached hydrogens (tertiary/aromatic N) is 3. The van der Waals surface area contributed by atoms with Crippen molar-refractivity contribution in [1.82, 2.24) is 15.3 Å². The Kier molecular flexibility index (Phi) is 4.75. The van der Waals surface area contributed by atoms with Crippen molar-refractivity contribution >= 4 is 11.9 Å². The topological polar surface area (TPSA) is 58.1 Å². The highest BCUT2D eigenvalue weighted by Crippen LogP contribution is 2.10. The van der Waals surface area contributed by atoms with Crippen LogP contribution in [-0.4, -0.2) is 30.0 Å². The molecule has 1 amide bonds. The summed E-state index contributed by atoms with van der Waals surface area (Å²) in [4.78, 5) is 22.9. The number of nitrogens with one attached hydrogen (secondary N) is 1. The molecule has 0 spiro atoms. The maximum Gasteiger partial charge on any atom is 0.251 e. The van der Waals surface area contributed by atoms with Crippen molar-refractivity contribution < 1.29 is 4.79 Å². The molecule has 22 heavy (non-hydrogen) atoms. The maximum absolute atomic E-state index is 12.3. The lowest BCUT2D eigenvalue weighted by Crippen LogP contribution is -2.24. The normalized spacial score (nSPS) is 10.4. The number of hydrogen-bond acceptors (Lipinski definition) is 4. The number of aryl methyl sites for hydroxylation is 3. The van der Waals surface area contributed by atoms with E-state index in [1.807, 2.05) is 64.0 Å². The van der Waals surface area contributed by atoms with Crippen molar-refractivity contribution in [3.63, 3.8) is 0 Å². The van der Waals surface area contributed by atoms with E-state index in [1.165, 1.54) is 0 Å². The SMILES string of the molecule is Cc1cc(C)cc(C(=O)NCc2cc(C)nc(N(C)C)n2)c1. The van der Waals surface area contributed by atoms with Crippen molar-refractivity contribution in [2.45, 2.75) is 27.3 Å². The van der Waals surface area contributed by atoms with Crippen molar-refractivity contribution in [2.75, 3.05) is 19.0 Å². The van der Waals surface area contributed by atoms with Crippen LogP contribution in [0.15, 0.2) is 24.3 Å². The van der Waals surface area contributed by atoms with Crippen molar-refractivity contribution in [2.24, 2.45) is 0 Å². The van der Waals surface area contributed by atoms with Gasteiger partial charge in [-0.2, -0.15) is 0 Å². The molecule has 1 aromatic carbocycles. The van der Waals surface area contributed by atoms with Crippen LogP contribution in [0.25, 0.3) is 0 Å². The zero-order valence-electron chi connectivity index (χ0n) is 13.8. The summed E-state index contributed by atoms with van der Waals surface area (Å²) in [6.45, 7) is 6.28. The molecule has 1 aromatic heterocycles. The number of carbonyl (C=O) groups excluding carboxylic acids is 1. The van der Waals surface area contributed by atoms with E-state index in [0.717, 1.165) is 22.5 Å². The van der Waals surface area contributed by atoms with Gasteiger partial charge in [0.1, 0.15) is 0 Å². The van der Waals surface area contributed by atoms with E-state index in [1.54, 1.807) is 0 Å². The first-order valence-electron chi connectivity index (χ1n) is 7.23. The second kappa shape index (κ2) is 6.56. The highest BCUT2D eigenvalue weighted by molar-refractivity contribution is 5.94. The molecule has 0 unspecified atom stereocenters. The molecule has 0 bridgehead atoms. The van der Waals surface area contributed by atoms with Crippen molar-refractivity contribution in [3.8, 4) is 0 Å². The van der Waals surface area contributed by atoms with E-state index in [0.29, 0.717) is 18.1 Å². The smallest absolute Gasteiger partial charge is 0.251 e. The summed E-state index contributed by atoms with van der Waals surface area (Å²) in [5.41, 5.74) is 4.52. The Bertz CT molecular complexity index is 675. The average Bonchev–Trinajstić information content (AvgIpc) is 2.43. The largest absolute Gasteiger partial charge is 0.347 e. The van der Waals surface area contributed by atoms with Gasteiger partial charge in [0.05, 0.1) is 12.2 Å². The second-order valence-electron chi connectivity index (χ2n) is 5.75. The van der Waals surface area contributed by atoms with E-state index in [9.17, 15) is 4.79 Å². The lowest BCUT2D eigenvalue weighted by molar-refractivity contribution is 0.0950.